The lowest BCUT2D eigenvalue weighted by molar-refractivity contribution is 0.0785. The lowest BCUT2D eigenvalue weighted by Crippen LogP contribution is -2.26. The fourth-order valence-electron chi connectivity index (χ4n) is 4.18. The molecule has 1 aromatic heterocycles. The average Bonchev–Trinajstić information content (AvgIpc) is 3.45. The molecule has 0 bridgehead atoms. The van der Waals surface area contributed by atoms with E-state index in [1.54, 1.807) is 23.2 Å². The fraction of sp³-hybridized carbons (Fsp3) is 0.231. The van der Waals surface area contributed by atoms with Crippen molar-refractivity contribution in [3.8, 4) is 11.1 Å². The number of carbonyl (C=O) groups is 1. The van der Waals surface area contributed by atoms with E-state index in [2.05, 4.69) is 10.2 Å². The fourth-order valence-corrected chi connectivity index (χ4v) is 4.18. The van der Waals surface area contributed by atoms with Crippen LogP contribution in [-0.4, -0.2) is 28.1 Å². The van der Waals surface area contributed by atoms with Crippen molar-refractivity contribution in [2.24, 2.45) is 5.92 Å². The van der Waals surface area contributed by atoms with Crippen LogP contribution in [-0.2, 0) is 13.0 Å². The molecule has 5 rings (SSSR count). The van der Waals surface area contributed by atoms with Gasteiger partial charge in [0.2, 0.25) is 0 Å². The molecule has 0 saturated heterocycles. The highest BCUT2D eigenvalue weighted by Crippen LogP contribution is 2.36. The van der Waals surface area contributed by atoms with Gasteiger partial charge in [0.1, 0.15) is 5.82 Å². The molecule has 1 N–H and O–H groups in total. The van der Waals surface area contributed by atoms with Crippen molar-refractivity contribution in [2.45, 2.75) is 25.8 Å². The highest BCUT2D eigenvalue weighted by Gasteiger charge is 2.24. The van der Waals surface area contributed by atoms with Gasteiger partial charge in [-0.1, -0.05) is 36.4 Å². The average molecular weight is 413 g/mol. The van der Waals surface area contributed by atoms with Crippen LogP contribution in [0.1, 0.15) is 34.3 Å². The predicted octanol–water partition coefficient (Wildman–Crippen LogP) is 5.59. The largest absolute Gasteiger partial charge is 0.337 e. The Bertz CT molecular complexity index is 1260. The topological polar surface area (TPSA) is 49.0 Å². The Morgan fingerprint density at radius 2 is 1.94 bits per heavy atom. The van der Waals surface area contributed by atoms with Crippen molar-refractivity contribution in [3.05, 3.63) is 89.4 Å². The van der Waals surface area contributed by atoms with E-state index in [0.29, 0.717) is 18.0 Å². The van der Waals surface area contributed by atoms with Crippen LogP contribution in [0.4, 0.5) is 4.39 Å². The number of H-pyrrole nitrogens is 1. The predicted molar refractivity (Wildman–Crippen MR) is 120 cm³/mol. The molecule has 1 amide bonds. The van der Waals surface area contributed by atoms with Gasteiger partial charge in [0.25, 0.3) is 5.91 Å². The lowest BCUT2D eigenvalue weighted by atomic mass is 9.94. The summed E-state index contributed by atoms with van der Waals surface area (Å²) in [5.74, 6) is 0.385. The highest BCUT2D eigenvalue weighted by molar-refractivity contribution is 5.95. The van der Waals surface area contributed by atoms with Gasteiger partial charge in [-0.2, -0.15) is 5.10 Å². The van der Waals surface area contributed by atoms with Gasteiger partial charge >= 0.3 is 0 Å². The summed E-state index contributed by atoms with van der Waals surface area (Å²) in [6, 6.07) is 18.5. The van der Waals surface area contributed by atoms with Crippen LogP contribution in [0.25, 0.3) is 22.0 Å². The number of carbonyl (C=O) groups excluding carboxylic acids is 1. The van der Waals surface area contributed by atoms with Crippen molar-refractivity contribution >= 4 is 16.8 Å². The number of aromatic nitrogens is 2. The van der Waals surface area contributed by atoms with Crippen LogP contribution in [0.2, 0.25) is 0 Å². The number of para-hydroxylation sites is 1. The van der Waals surface area contributed by atoms with E-state index in [-0.39, 0.29) is 11.7 Å². The number of nitrogens with one attached hydrogen (secondary N) is 1. The minimum Gasteiger partial charge on any atom is -0.337 e. The van der Waals surface area contributed by atoms with Crippen LogP contribution >= 0.6 is 0 Å². The molecule has 31 heavy (non-hydrogen) atoms. The SMILES string of the molecule is CN(Cc1cccc2cn[nH]c12)C(=O)c1ccc(-c2cccc(F)c2)c(CC2CC2)c1. The van der Waals surface area contributed by atoms with Gasteiger partial charge < -0.3 is 4.90 Å². The molecule has 0 unspecified atom stereocenters. The third-order valence-corrected chi connectivity index (χ3v) is 6.01. The Hall–Kier alpha value is -3.47. The van der Waals surface area contributed by atoms with E-state index in [9.17, 15) is 9.18 Å². The van der Waals surface area contributed by atoms with E-state index >= 15 is 0 Å². The zero-order valence-corrected chi connectivity index (χ0v) is 17.4. The number of benzene rings is 3. The number of halogens is 1. The summed E-state index contributed by atoms with van der Waals surface area (Å²) in [6.07, 6.45) is 5.14. The van der Waals surface area contributed by atoms with Crippen LogP contribution in [0.3, 0.4) is 0 Å². The molecule has 1 aliphatic rings. The molecule has 1 fully saturated rings. The number of amides is 1. The number of hydrogen-bond donors (Lipinski definition) is 1. The molecular formula is C26H24FN3O. The quantitative estimate of drug-likeness (QED) is 0.448. The first-order chi connectivity index (χ1) is 15.1. The van der Waals surface area contributed by atoms with Gasteiger partial charge in [0.15, 0.2) is 0 Å². The Morgan fingerprint density at radius 1 is 1.10 bits per heavy atom. The first-order valence-electron chi connectivity index (χ1n) is 10.6. The Morgan fingerprint density at radius 3 is 2.74 bits per heavy atom. The van der Waals surface area contributed by atoms with Gasteiger partial charge in [0.05, 0.1) is 11.7 Å². The third kappa shape index (κ3) is 4.08. The second-order valence-electron chi connectivity index (χ2n) is 8.44. The van der Waals surface area contributed by atoms with E-state index in [1.165, 1.54) is 18.9 Å². The van der Waals surface area contributed by atoms with Crippen molar-refractivity contribution in [1.29, 1.82) is 0 Å². The van der Waals surface area contributed by atoms with E-state index in [1.807, 2.05) is 49.5 Å². The molecule has 0 radical (unpaired) electrons. The molecule has 1 heterocycles. The van der Waals surface area contributed by atoms with E-state index in [0.717, 1.165) is 39.6 Å². The zero-order chi connectivity index (χ0) is 21.4. The molecule has 156 valence electrons. The number of aromatic amines is 1. The second kappa shape index (κ2) is 7.99. The molecule has 4 nitrogen and oxygen atoms in total. The second-order valence-corrected chi connectivity index (χ2v) is 8.44. The minimum absolute atomic E-state index is 0.0284. The molecule has 0 atom stereocenters. The first-order valence-corrected chi connectivity index (χ1v) is 10.6. The van der Waals surface area contributed by atoms with Gasteiger partial charge in [-0.05, 0) is 71.7 Å². The first kappa shape index (κ1) is 19.5. The van der Waals surface area contributed by atoms with Crippen molar-refractivity contribution < 1.29 is 9.18 Å². The molecule has 1 aliphatic carbocycles. The summed E-state index contributed by atoms with van der Waals surface area (Å²) in [7, 11) is 1.82. The van der Waals surface area contributed by atoms with Crippen molar-refractivity contribution in [1.82, 2.24) is 15.1 Å². The van der Waals surface area contributed by atoms with E-state index < -0.39 is 0 Å². The summed E-state index contributed by atoms with van der Waals surface area (Å²) in [6.45, 7) is 0.488. The third-order valence-electron chi connectivity index (χ3n) is 6.01. The summed E-state index contributed by atoms with van der Waals surface area (Å²) >= 11 is 0. The standard InChI is InChI=1S/C26H24FN3O/c1-30(16-21-6-2-5-20-15-28-29-25(20)21)26(31)19-10-11-24(18-4-3-7-23(27)14-18)22(13-19)12-17-8-9-17/h2-7,10-11,13-15,17H,8-9,12,16H2,1H3,(H,28,29). The van der Waals surface area contributed by atoms with Gasteiger partial charge in [-0.15, -0.1) is 0 Å². The summed E-state index contributed by atoms with van der Waals surface area (Å²) in [5, 5.41) is 8.16. The van der Waals surface area contributed by atoms with Crippen molar-refractivity contribution in [3.63, 3.8) is 0 Å². The summed E-state index contributed by atoms with van der Waals surface area (Å²) in [4.78, 5) is 14.9. The molecule has 4 aromatic rings. The van der Waals surface area contributed by atoms with Gasteiger partial charge in [-0.25, -0.2) is 4.39 Å². The number of hydrogen-bond acceptors (Lipinski definition) is 2. The molecule has 0 aliphatic heterocycles. The number of fused-ring (bicyclic) bond motifs is 1. The normalized spacial score (nSPS) is 13.5. The molecule has 0 spiro atoms. The molecule has 3 aromatic carbocycles. The van der Waals surface area contributed by atoms with Crippen LogP contribution < -0.4 is 0 Å². The monoisotopic (exact) mass is 413 g/mol. The summed E-state index contributed by atoms with van der Waals surface area (Å²) < 4.78 is 13.8. The molecule has 5 heteroatoms. The Kier molecular flexibility index (Phi) is 5.02. The minimum atomic E-state index is -0.247. The van der Waals surface area contributed by atoms with Gasteiger partial charge in [0, 0.05) is 24.5 Å². The maximum Gasteiger partial charge on any atom is 0.253 e. The zero-order valence-electron chi connectivity index (χ0n) is 17.4. The summed E-state index contributed by atoms with van der Waals surface area (Å²) in [5.41, 5.74) is 5.62. The molecular weight excluding hydrogens is 389 g/mol. The van der Waals surface area contributed by atoms with Crippen LogP contribution in [0.5, 0.6) is 0 Å². The number of rotatable bonds is 6. The Labute approximate surface area is 180 Å². The maximum atomic E-state index is 13.8. The van der Waals surface area contributed by atoms with Gasteiger partial charge in [-0.3, -0.25) is 9.89 Å². The van der Waals surface area contributed by atoms with Crippen LogP contribution in [0, 0.1) is 11.7 Å². The Balaban J connectivity index is 1.43. The smallest absolute Gasteiger partial charge is 0.253 e. The van der Waals surface area contributed by atoms with E-state index in [4.69, 9.17) is 0 Å². The van der Waals surface area contributed by atoms with Crippen molar-refractivity contribution in [2.75, 3.05) is 7.05 Å². The van der Waals surface area contributed by atoms with Crippen LogP contribution in [0.15, 0.2) is 66.9 Å². The molecule has 1 saturated carbocycles. The lowest BCUT2D eigenvalue weighted by Gasteiger charge is -2.19. The maximum absolute atomic E-state index is 13.8. The highest BCUT2D eigenvalue weighted by atomic mass is 19.1. The number of nitrogens with zero attached hydrogens (tertiary/aromatic N) is 2.